The second-order valence-electron chi connectivity index (χ2n) is 13.5. The summed E-state index contributed by atoms with van der Waals surface area (Å²) in [5.41, 5.74) is 5.80. The summed E-state index contributed by atoms with van der Waals surface area (Å²) in [5, 5.41) is 20.8. The summed E-state index contributed by atoms with van der Waals surface area (Å²) in [6.45, 7) is 10.9. The predicted octanol–water partition coefficient (Wildman–Crippen LogP) is 5.73. The maximum atomic E-state index is 11.7. The SMILES string of the molecule is COCC1CCC2C3CCC4C(C(C)CC[C@@H]4[C@@](C)(O)CN=C/C(C#N)=C\N)C3(C)CCC2(C)C1. The van der Waals surface area contributed by atoms with Crippen molar-refractivity contribution in [2.75, 3.05) is 20.3 Å². The zero-order valence-electron chi connectivity index (χ0n) is 22.8. The van der Waals surface area contributed by atoms with Crippen LogP contribution in [0.4, 0.5) is 0 Å². The molecule has 5 heteroatoms. The molecule has 0 aromatic carbocycles. The third-order valence-electron chi connectivity index (χ3n) is 11.4. The molecule has 10 atom stereocenters. The van der Waals surface area contributed by atoms with Crippen molar-refractivity contribution in [3.8, 4) is 6.07 Å². The van der Waals surface area contributed by atoms with Crippen molar-refractivity contribution in [3.05, 3.63) is 11.8 Å². The van der Waals surface area contributed by atoms with Crippen LogP contribution in [0, 0.1) is 63.6 Å². The Bertz CT molecular complexity index is 860. The highest BCUT2D eigenvalue weighted by molar-refractivity contribution is 5.83. The van der Waals surface area contributed by atoms with Gasteiger partial charge in [0.15, 0.2) is 0 Å². The van der Waals surface area contributed by atoms with Crippen molar-refractivity contribution < 1.29 is 9.84 Å². The van der Waals surface area contributed by atoms with Crippen molar-refractivity contribution in [2.24, 2.45) is 63.0 Å². The molecular formula is C30H49N3O2. The summed E-state index contributed by atoms with van der Waals surface area (Å²) < 4.78 is 5.56. The molecule has 3 N–H and O–H groups in total. The fraction of sp³-hybridized carbons (Fsp3) is 0.867. The number of hydrogen-bond acceptors (Lipinski definition) is 5. The van der Waals surface area contributed by atoms with Crippen LogP contribution >= 0.6 is 0 Å². The van der Waals surface area contributed by atoms with E-state index < -0.39 is 5.60 Å². The van der Waals surface area contributed by atoms with Crippen LogP contribution in [0.25, 0.3) is 0 Å². The Kier molecular flexibility index (Phi) is 7.75. The van der Waals surface area contributed by atoms with Gasteiger partial charge in [-0.05, 0) is 111 Å². The second kappa shape index (κ2) is 10.2. The monoisotopic (exact) mass is 483 g/mol. The number of nitrogens with two attached hydrogens (primary N) is 1. The minimum Gasteiger partial charge on any atom is -0.403 e. The van der Waals surface area contributed by atoms with Gasteiger partial charge in [-0.1, -0.05) is 27.2 Å². The molecule has 0 spiro atoms. The lowest BCUT2D eigenvalue weighted by Crippen LogP contribution is -2.60. The quantitative estimate of drug-likeness (QED) is 0.373. The minimum absolute atomic E-state index is 0.261. The number of methoxy groups -OCH3 is 1. The van der Waals surface area contributed by atoms with E-state index in [1.807, 2.05) is 20.1 Å². The zero-order chi connectivity index (χ0) is 25.4. The maximum Gasteiger partial charge on any atom is 0.102 e. The number of ether oxygens (including phenoxy) is 1. The summed E-state index contributed by atoms with van der Waals surface area (Å²) in [5.74, 6) is 4.57. The molecule has 0 saturated heterocycles. The second-order valence-corrected chi connectivity index (χ2v) is 13.5. The Morgan fingerprint density at radius 3 is 2.60 bits per heavy atom. The number of hydrogen-bond donors (Lipinski definition) is 2. The Morgan fingerprint density at radius 1 is 1.17 bits per heavy atom. The smallest absolute Gasteiger partial charge is 0.102 e. The fourth-order valence-corrected chi connectivity index (χ4v) is 9.90. The van der Waals surface area contributed by atoms with Gasteiger partial charge < -0.3 is 15.6 Å². The van der Waals surface area contributed by atoms with Gasteiger partial charge in [-0.25, -0.2) is 0 Å². The normalized spacial score (nSPS) is 45.6. The Hall–Kier alpha value is -1.38. The summed E-state index contributed by atoms with van der Waals surface area (Å²) in [6.07, 6.45) is 14.3. The zero-order valence-corrected chi connectivity index (χ0v) is 22.8. The summed E-state index contributed by atoms with van der Waals surface area (Å²) in [4.78, 5) is 4.44. The number of nitrogens with zero attached hydrogens (tertiary/aromatic N) is 2. The molecule has 0 aliphatic heterocycles. The minimum atomic E-state index is -0.862. The lowest BCUT2D eigenvalue weighted by molar-refractivity contribution is -0.185. The topological polar surface area (TPSA) is 91.6 Å². The molecule has 4 aliphatic rings. The van der Waals surface area contributed by atoms with Gasteiger partial charge in [0.1, 0.15) is 6.07 Å². The molecule has 4 rings (SSSR count). The van der Waals surface area contributed by atoms with E-state index in [0.29, 0.717) is 40.7 Å². The average Bonchev–Trinajstić information content (AvgIpc) is 2.81. The molecule has 35 heavy (non-hydrogen) atoms. The van der Waals surface area contributed by atoms with Crippen LogP contribution in [-0.2, 0) is 4.74 Å². The molecule has 0 amide bonds. The third kappa shape index (κ3) is 4.82. The highest BCUT2D eigenvalue weighted by atomic mass is 16.5. The average molecular weight is 484 g/mol. The van der Waals surface area contributed by atoms with E-state index in [4.69, 9.17) is 15.7 Å². The van der Waals surface area contributed by atoms with E-state index in [1.165, 1.54) is 63.8 Å². The summed E-state index contributed by atoms with van der Waals surface area (Å²) in [7, 11) is 1.85. The molecule has 4 aliphatic carbocycles. The summed E-state index contributed by atoms with van der Waals surface area (Å²) >= 11 is 0. The third-order valence-corrected chi connectivity index (χ3v) is 11.4. The Labute approximate surface area is 213 Å². The number of nitriles is 1. The van der Waals surface area contributed by atoms with Gasteiger partial charge in [0.2, 0.25) is 0 Å². The van der Waals surface area contributed by atoms with Crippen molar-refractivity contribution in [2.45, 2.75) is 91.1 Å². The largest absolute Gasteiger partial charge is 0.403 e. The molecular weight excluding hydrogens is 434 g/mol. The van der Waals surface area contributed by atoms with Gasteiger partial charge >= 0.3 is 0 Å². The van der Waals surface area contributed by atoms with Gasteiger partial charge in [0.25, 0.3) is 0 Å². The van der Waals surface area contributed by atoms with Crippen LogP contribution in [0.15, 0.2) is 16.8 Å². The molecule has 0 aromatic heterocycles. The lowest BCUT2D eigenvalue weighted by Gasteiger charge is -2.66. The van der Waals surface area contributed by atoms with E-state index in [2.05, 4.69) is 25.8 Å². The van der Waals surface area contributed by atoms with Crippen molar-refractivity contribution >= 4 is 6.21 Å². The molecule has 0 radical (unpaired) electrons. The van der Waals surface area contributed by atoms with Gasteiger partial charge in [-0.15, -0.1) is 0 Å². The number of aliphatic hydroxyl groups is 1. The van der Waals surface area contributed by atoms with Crippen LogP contribution in [0.5, 0.6) is 0 Å². The highest BCUT2D eigenvalue weighted by Gasteiger charge is 2.62. The first-order chi connectivity index (χ1) is 16.6. The first kappa shape index (κ1) is 26.7. The summed E-state index contributed by atoms with van der Waals surface area (Å²) in [6, 6.07) is 2.04. The number of fused-ring (bicyclic) bond motifs is 5. The van der Waals surface area contributed by atoms with Crippen LogP contribution in [0.2, 0.25) is 0 Å². The van der Waals surface area contributed by atoms with Gasteiger partial charge in [0.05, 0.1) is 17.7 Å². The Balaban J connectivity index is 1.54. The van der Waals surface area contributed by atoms with Gasteiger partial charge in [-0.2, -0.15) is 5.26 Å². The van der Waals surface area contributed by atoms with E-state index in [1.54, 1.807) is 0 Å². The molecule has 196 valence electrons. The lowest BCUT2D eigenvalue weighted by atomic mass is 9.39. The van der Waals surface area contributed by atoms with Crippen LogP contribution < -0.4 is 5.73 Å². The van der Waals surface area contributed by atoms with Crippen LogP contribution in [0.3, 0.4) is 0 Å². The standard InChI is InChI=1S/C30H49N3O2/c1-20-6-9-24(30(4,34)19-33-17-22(15-31)16-32)23-8-11-26-25-10-7-21(18-35-5)14-28(25,2)12-13-29(26,3)27(20)23/h15,17,20-21,23-27,34H,6-14,18-19,31H2,1-5H3/b22-15-,33-17?/t20?,21?,23?,24-,25?,26?,27?,28?,29?,30-/m0/s1. The molecule has 0 bridgehead atoms. The first-order valence-electron chi connectivity index (χ1n) is 14.1. The van der Waals surface area contributed by atoms with Crippen molar-refractivity contribution in [1.82, 2.24) is 0 Å². The van der Waals surface area contributed by atoms with Crippen LogP contribution in [0.1, 0.15) is 85.5 Å². The van der Waals surface area contributed by atoms with E-state index in [0.717, 1.165) is 30.8 Å². The van der Waals surface area contributed by atoms with Gasteiger partial charge in [0, 0.05) is 26.1 Å². The molecule has 5 nitrogen and oxygen atoms in total. The Morgan fingerprint density at radius 2 is 1.91 bits per heavy atom. The molecule has 0 aromatic rings. The van der Waals surface area contributed by atoms with Crippen molar-refractivity contribution in [3.63, 3.8) is 0 Å². The van der Waals surface area contributed by atoms with E-state index >= 15 is 0 Å². The molecule has 4 saturated carbocycles. The molecule has 8 unspecified atom stereocenters. The van der Waals surface area contributed by atoms with Crippen LogP contribution in [-0.4, -0.2) is 37.2 Å². The molecule has 0 heterocycles. The number of rotatable bonds is 6. The predicted molar refractivity (Wildman–Crippen MR) is 142 cm³/mol. The number of allylic oxidation sites excluding steroid dienone is 1. The molecule has 4 fully saturated rings. The van der Waals surface area contributed by atoms with Crippen molar-refractivity contribution in [1.29, 1.82) is 5.26 Å². The number of aliphatic imine (C=N–C) groups is 1. The fourth-order valence-electron chi connectivity index (χ4n) is 9.90. The van der Waals surface area contributed by atoms with E-state index in [-0.39, 0.29) is 5.92 Å². The highest BCUT2D eigenvalue weighted by Crippen LogP contribution is 2.69. The first-order valence-corrected chi connectivity index (χ1v) is 14.1. The van der Waals surface area contributed by atoms with Gasteiger partial charge in [-0.3, -0.25) is 4.99 Å². The van der Waals surface area contributed by atoms with E-state index in [9.17, 15) is 5.11 Å². The maximum absolute atomic E-state index is 11.7.